The molecule has 1 unspecified atom stereocenters. The number of hydrogen-bond acceptors (Lipinski definition) is 3. The largest absolute Gasteiger partial charge is 0.296 e. The second kappa shape index (κ2) is 11.9. The zero-order valence-corrected chi connectivity index (χ0v) is 28.3. The number of thiophene rings is 1. The quantitative estimate of drug-likeness (QED) is 0.163. The lowest BCUT2D eigenvalue weighted by atomic mass is 9.92. The number of rotatable bonds is 6. The number of nitrogens with zero attached hydrogens (tertiary/aromatic N) is 3. The van der Waals surface area contributed by atoms with E-state index in [1.807, 2.05) is 23.8 Å². The average molecular weight is 660 g/mol. The van der Waals surface area contributed by atoms with Crippen molar-refractivity contribution in [1.29, 1.82) is 0 Å². The predicted molar refractivity (Wildman–Crippen MR) is 213 cm³/mol. The lowest BCUT2D eigenvalue weighted by Crippen LogP contribution is -2.10. The maximum atomic E-state index is 5.05. The molecular weight excluding hydrogens is 627 g/mol. The molecule has 1 aliphatic heterocycles. The number of hydrogen-bond donors (Lipinski definition) is 0. The zero-order chi connectivity index (χ0) is 33.0. The van der Waals surface area contributed by atoms with Gasteiger partial charge in [0.1, 0.15) is 5.82 Å². The summed E-state index contributed by atoms with van der Waals surface area (Å²) >= 11 is 1.89. The molecule has 238 valence electrons. The van der Waals surface area contributed by atoms with Crippen LogP contribution < -0.4 is 0 Å². The van der Waals surface area contributed by atoms with E-state index in [0.717, 1.165) is 41.8 Å². The van der Waals surface area contributed by atoms with Gasteiger partial charge in [0, 0.05) is 38.3 Å². The molecule has 0 amide bonds. The Kier molecular flexibility index (Phi) is 6.95. The SMILES string of the molecule is C1=CN=CC(c2nc3ccccc3n2-c2ccc(CCc3cc4ccc(-c5cccc6c5sc5ccccc56)cc4c4ccccc34)cc2)C1. The highest BCUT2D eigenvalue weighted by Gasteiger charge is 2.20. The molecule has 9 aromatic rings. The standard InChI is InChI=1S/C46H33N3S/c1-2-11-38-36(10-1)31(27-32-22-23-33(28-41(32)38)37-13-7-14-40-39-12-3-6-17-44(39)50-45(37)40)21-18-30-19-24-35(25-20-30)49-43-16-5-4-15-42(43)48-46(49)34-9-8-26-47-29-34/h1-8,10-17,19-20,22-29,34H,9,18,21H2. The molecular formula is C46H33N3S. The van der Waals surface area contributed by atoms with Gasteiger partial charge in [-0.2, -0.15) is 0 Å². The highest BCUT2D eigenvalue weighted by Crippen LogP contribution is 2.41. The molecule has 0 aliphatic carbocycles. The summed E-state index contributed by atoms with van der Waals surface area (Å²) in [5.74, 6) is 1.20. The molecule has 1 atom stereocenters. The third kappa shape index (κ3) is 4.87. The van der Waals surface area contributed by atoms with Gasteiger partial charge in [-0.05, 0) is 99.5 Å². The Morgan fingerprint density at radius 3 is 2.34 bits per heavy atom. The van der Waals surface area contributed by atoms with Gasteiger partial charge in [0.15, 0.2) is 0 Å². The fourth-order valence-corrected chi connectivity index (χ4v) is 9.08. The molecule has 2 aromatic heterocycles. The summed E-state index contributed by atoms with van der Waals surface area (Å²) in [7, 11) is 0. The van der Waals surface area contributed by atoms with E-state index in [4.69, 9.17) is 4.98 Å². The van der Waals surface area contributed by atoms with Crippen molar-refractivity contribution in [3.63, 3.8) is 0 Å². The van der Waals surface area contributed by atoms with Crippen LogP contribution >= 0.6 is 11.3 Å². The molecule has 7 aromatic carbocycles. The highest BCUT2D eigenvalue weighted by atomic mass is 32.1. The molecule has 0 radical (unpaired) electrons. The smallest absolute Gasteiger partial charge is 0.123 e. The van der Waals surface area contributed by atoms with Gasteiger partial charge in [-0.1, -0.05) is 109 Å². The van der Waals surface area contributed by atoms with Gasteiger partial charge in [0.05, 0.1) is 17.0 Å². The Bertz CT molecular complexity index is 2800. The van der Waals surface area contributed by atoms with Crippen LogP contribution in [0.2, 0.25) is 0 Å². The third-order valence-electron chi connectivity index (χ3n) is 10.3. The topological polar surface area (TPSA) is 30.2 Å². The van der Waals surface area contributed by atoms with Crippen LogP contribution in [0.25, 0.3) is 69.6 Å². The number of aryl methyl sites for hydroxylation is 2. The summed E-state index contributed by atoms with van der Waals surface area (Å²) in [4.78, 5) is 9.47. The van der Waals surface area contributed by atoms with Gasteiger partial charge in [-0.25, -0.2) is 4.98 Å². The Balaban J connectivity index is 0.976. The van der Waals surface area contributed by atoms with E-state index < -0.39 is 0 Å². The van der Waals surface area contributed by atoms with Crippen molar-refractivity contribution in [1.82, 2.24) is 9.55 Å². The molecule has 0 N–H and O–H groups in total. The summed E-state index contributed by atoms with van der Waals surface area (Å²) in [6.07, 6.45) is 8.88. The number of aliphatic imine (C=N–C) groups is 1. The minimum atomic E-state index is 0.161. The fraction of sp³-hybridized carbons (Fsp3) is 0.0870. The number of fused-ring (bicyclic) bond motifs is 7. The summed E-state index contributed by atoms with van der Waals surface area (Å²) in [5.41, 5.74) is 8.59. The number of aromatic nitrogens is 2. The molecule has 4 heteroatoms. The van der Waals surface area contributed by atoms with E-state index in [1.54, 1.807) is 0 Å². The molecule has 0 spiro atoms. The predicted octanol–water partition coefficient (Wildman–Crippen LogP) is 12.2. The molecule has 50 heavy (non-hydrogen) atoms. The molecule has 3 nitrogen and oxygen atoms in total. The molecule has 0 bridgehead atoms. The highest BCUT2D eigenvalue weighted by molar-refractivity contribution is 7.26. The molecule has 10 rings (SSSR count). The van der Waals surface area contributed by atoms with Crippen LogP contribution in [0.1, 0.15) is 29.3 Å². The van der Waals surface area contributed by atoms with Gasteiger partial charge < -0.3 is 0 Å². The summed E-state index contributed by atoms with van der Waals surface area (Å²) in [6, 6.07) is 51.3. The molecule has 0 saturated heterocycles. The Morgan fingerprint density at radius 2 is 1.46 bits per heavy atom. The van der Waals surface area contributed by atoms with E-state index in [2.05, 4.69) is 155 Å². The first-order chi connectivity index (χ1) is 24.8. The zero-order valence-electron chi connectivity index (χ0n) is 27.5. The van der Waals surface area contributed by atoms with Crippen molar-refractivity contribution in [2.24, 2.45) is 4.99 Å². The van der Waals surface area contributed by atoms with Crippen LogP contribution in [-0.2, 0) is 12.8 Å². The van der Waals surface area contributed by atoms with Gasteiger partial charge in [-0.3, -0.25) is 9.56 Å². The number of allylic oxidation sites excluding steroid dienone is 1. The fourth-order valence-electron chi connectivity index (χ4n) is 7.84. The third-order valence-corrected chi connectivity index (χ3v) is 11.5. The summed E-state index contributed by atoms with van der Waals surface area (Å²) < 4.78 is 5.01. The first-order valence-electron chi connectivity index (χ1n) is 17.4. The Hall–Kier alpha value is -5.84. The lowest BCUT2D eigenvalue weighted by Gasteiger charge is -2.16. The monoisotopic (exact) mass is 659 g/mol. The van der Waals surface area contributed by atoms with Crippen molar-refractivity contribution in [2.75, 3.05) is 0 Å². The Morgan fingerprint density at radius 1 is 0.660 bits per heavy atom. The van der Waals surface area contributed by atoms with E-state index in [9.17, 15) is 0 Å². The van der Waals surface area contributed by atoms with Crippen molar-refractivity contribution >= 4 is 70.3 Å². The molecule has 1 aliphatic rings. The normalized spacial score (nSPS) is 14.5. The van der Waals surface area contributed by atoms with Crippen LogP contribution in [0, 0.1) is 0 Å². The van der Waals surface area contributed by atoms with Crippen molar-refractivity contribution in [3.05, 3.63) is 169 Å². The summed E-state index contributed by atoms with van der Waals surface area (Å²) in [5, 5.41) is 7.94. The van der Waals surface area contributed by atoms with Crippen molar-refractivity contribution in [2.45, 2.75) is 25.2 Å². The van der Waals surface area contributed by atoms with Crippen molar-refractivity contribution < 1.29 is 0 Å². The van der Waals surface area contributed by atoms with Crippen molar-refractivity contribution in [3.8, 4) is 16.8 Å². The minimum Gasteiger partial charge on any atom is -0.296 e. The molecule has 3 heterocycles. The first-order valence-corrected chi connectivity index (χ1v) is 18.2. The van der Waals surface area contributed by atoms with Crippen LogP contribution in [0.4, 0.5) is 0 Å². The van der Waals surface area contributed by atoms with E-state index in [0.29, 0.717) is 0 Å². The van der Waals surface area contributed by atoms with Crippen LogP contribution in [-0.4, -0.2) is 15.8 Å². The van der Waals surface area contributed by atoms with Crippen LogP contribution in [0.3, 0.4) is 0 Å². The van der Waals surface area contributed by atoms with Crippen LogP contribution in [0.5, 0.6) is 0 Å². The van der Waals surface area contributed by atoms with Gasteiger partial charge in [-0.15, -0.1) is 11.3 Å². The maximum absolute atomic E-state index is 5.05. The minimum absolute atomic E-state index is 0.161. The average Bonchev–Trinajstić information content (AvgIpc) is 3.77. The van der Waals surface area contributed by atoms with Crippen LogP contribution in [0.15, 0.2) is 157 Å². The first kappa shape index (κ1) is 29.1. The number of benzene rings is 7. The van der Waals surface area contributed by atoms with Gasteiger partial charge in [0.25, 0.3) is 0 Å². The number of para-hydroxylation sites is 2. The maximum Gasteiger partial charge on any atom is 0.123 e. The van der Waals surface area contributed by atoms with Gasteiger partial charge >= 0.3 is 0 Å². The van der Waals surface area contributed by atoms with E-state index >= 15 is 0 Å². The summed E-state index contributed by atoms with van der Waals surface area (Å²) in [6.45, 7) is 0. The molecule has 0 saturated carbocycles. The second-order valence-electron chi connectivity index (χ2n) is 13.3. The second-order valence-corrected chi connectivity index (χ2v) is 14.3. The van der Waals surface area contributed by atoms with E-state index in [1.165, 1.54) is 64.0 Å². The Labute approximate surface area is 294 Å². The number of imidazole rings is 1. The molecule has 0 fully saturated rings. The lowest BCUT2D eigenvalue weighted by molar-refractivity contribution is 0.799. The van der Waals surface area contributed by atoms with E-state index in [-0.39, 0.29) is 5.92 Å². The van der Waals surface area contributed by atoms with Gasteiger partial charge in [0.2, 0.25) is 0 Å².